The molecule has 0 saturated carbocycles. The zero-order valence-corrected chi connectivity index (χ0v) is 9.30. The van der Waals surface area contributed by atoms with Crippen molar-refractivity contribution in [1.82, 2.24) is 9.88 Å². The lowest BCUT2D eigenvalue weighted by atomic mass is 10.4. The highest BCUT2D eigenvalue weighted by atomic mass is 16.6. The van der Waals surface area contributed by atoms with Crippen LogP contribution in [0.15, 0.2) is 12.3 Å². The Morgan fingerprint density at radius 2 is 2.24 bits per heavy atom. The first-order valence-electron chi connectivity index (χ1n) is 4.61. The van der Waals surface area contributed by atoms with E-state index in [0.717, 1.165) is 6.07 Å². The molecule has 0 aliphatic rings. The molecule has 1 amide bonds. The molecule has 92 valence electrons. The molecule has 0 bridgehead atoms. The highest BCUT2D eigenvalue weighted by Gasteiger charge is 2.17. The Bertz CT molecular complexity index is 465. The topological polar surface area (TPSA) is 103 Å². The van der Waals surface area contributed by atoms with Crippen LogP contribution in [-0.2, 0) is 16.6 Å². The van der Waals surface area contributed by atoms with Gasteiger partial charge in [0, 0.05) is 13.1 Å². The van der Waals surface area contributed by atoms with Crippen LogP contribution in [0.1, 0.15) is 10.5 Å². The number of esters is 1. The normalized spacial score (nSPS) is 9.76. The number of aromatic nitrogens is 1. The fourth-order valence-electron chi connectivity index (χ4n) is 1.19. The predicted octanol–water partition coefficient (Wildman–Crippen LogP) is -0.164. The fraction of sp³-hybridized carbons (Fsp3) is 0.333. The van der Waals surface area contributed by atoms with Crippen LogP contribution in [0, 0.1) is 10.1 Å². The molecule has 1 N–H and O–H groups in total. The van der Waals surface area contributed by atoms with E-state index in [1.807, 2.05) is 0 Å². The number of aryl methyl sites for hydroxylation is 1. The average molecular weight is 241 g/mol. The van der Waals surface area contributed by atoms with Gasteiger partial charge in [0.05, 0.1) is 18.2 Å². The zero-order valence-electron chi connectivity index (χ0n) is 9.30. The monoisotopic (exact) mass is 241 g/mol. The van der Waals surface area contributed by atoms with E-state index in [-0.39, 0.29) is 17.9 Å². The highest BCUT2D eigenvalue weighted by Crippen LogP contribution is 2.14. The Kier molecular flexibility index (Phi) is 3.81. The van der Waals surface area contributed by atoms with Gasteiger partial charge in [0.15, 0.2) is 0 Å². The van der Waals surface area contributed by atoms with Crippen molar-refractivity contribution in [2.24, 2.45) is 7.05 Å². The molecule has 0 saturated heterocycles. The number of carbonyl (C=O) groups excluding carboxylic acids is 2. The summed E-state index contributed by atoms with van der Waals surface area (Å²) in [4.78, 5) is 32.2. The number of amides is 1. The number of ether oxygens (including phenoxy) is 1. The third-order valence-electron chi connectivity index (χ3n) is 2.05. The van der Waals surface area contributed by atoms with Crippen LogP contribution in [0.4, 0.5) is 5.69 Å². The van der Waals surface area contributed by atoms with Crippen LogP contribution in [-0.4, -0.2) is 35.0 Å². The number of rotatable bonds is 4. The van der Waals surface area contributed by atoms with E-state index in [1.165, 1.54) is 24.9 Å². The van der Waals surface area contributed by atoms with Gasteiger partial charge >= 0.3 is 5.97 Å². The van der Waals surface area contributed by atoms with Crippen molar-refractivity contribution in [3.8, 4) is 0 Å². The standard InChI is InChI=1S/C9H11N3O5/c1-11-5-6(12(15)16)3-7(11)9(14)10-4-8(13)17-2/h3,5H,4H2,1-2H3,(H,10,14). The van der Waals surface area contributed by atoms with E-state index in [9.17, 15) is 19.7 Å². The van der Waals surface area contributed by atoms with E-state index in [1.54, 1.807) is 0 Å². The maximum atomic E-state index is 11.6. The van der Waals surface area contributed by atoms with Gasteiger partial charge in [-0.05, 0) is 0 Å². The smallest absolute Gasteiger partial charge is 0.325 e. The van der Waals surface area contributed by atoms with Crippen LogP contribution >= 0.6 is 0 Å². The quantitative estimate of drug-likeness (QED) is 0.448. The summed E-state index contributed by atoms with van der Waals surface area (Å²) >= 11 is 0. The second-order valence-corrected chi connectivity index (χ2v) is 3.21. The molecule has 8 heteroatoms. The molecular weight excluding hydrogens is 230 g/mol. The van der Waals surface area contributed by atoms with Crippen molar-refractivity contribution < 1.29 is 19.2 Å². The SMILES string of the molecule is COC(=O)CNC(=O)c1cc([N+](=O)[O-])cn1C. The molecule has 0 aliphatic carbocycles. The Hall–Kier alpha value is -2.38. The summed E-state index contributed by atoms with van der Waals surface area (Å²) in [6, 6.07) is 1.13. The highest BCUT2D eigenvalue weighted by molar-refractivity contribution is 5.95. The molecular formula is C9H11N3O5. The lowest BCUT2D eigenvalue weighted by Crippen LogP contribution is -2.31. The third-order valence-corrected chi connectivity index (χ3v) is 2.05. The summed E-state index contributed by atoms with van der Waals surface area (Å²) in [7, 11) is 2.70. The Morgan fingerprint density at radius 1 is 1.59 bits per heavy atom. The van der Waals surface area contributed by atoms with Gasteiger partial charge in [-0.2, -0.15) is 0 Å². The summed E-state index contributed by atoms with van der Waals surface area (Å²) < 4.78 is 5.65. The maximum Gasteiger partial charge on any atom is 0.325 e. The van der Waals surface area contributed by atoms with Crippen molar-refractivity contribution in [3.63, 3.8) is 0 Å². The largest absolute Gasteiger partial charge is 0.468 e. The van der Waals surface area contributed by atoms with Crippen molar-refractivity contribution in [1.29, 1.82) is 0 Å². The zero-order chi connectivity index (χ0) is 13.0. The summed E-state index contributed by atoms with van der Waals surface area (Å²) in [5.74, 6) is -1.17. The van der Waals surface area contributed by atoms with Gasteiger partial charge in [-0.15, -0.1) is 0 Å². The minimum atomic E-state index is -0.600. The van der Waals surface area contributed by atoms with E-state index < -0.39 is 16.8 Å². The lowest BCUT2D eigenvalue weighted by Gasteiger charge is -2.03. The van der Waals surface area contributed by atoms with Gasteiger partial charge in [0.1, 0.15) is 12.2 Å². The summed E-state index contributed by atoms with van der Waals surface area (Å²) in [5, 5.41) is 12.8. The minimum absolute atomic E-state index is 0.0978. The average Bonchev–Trinajstić information content (AvgIpc) is 2.68. The maximum absolute atomic E-state index is 11.6. The molecule has 8 nitrogen and oxygen atoms in total. The second-order valence-electron chi connectivity index (χ2n) is 3.21. The third kappa shape index (κ3) is 3.03. The predicted molar refractivity (Wildman–Crippen MR) is 56.4 cm³/mol. The number of hydrogen-bond donors (Lipinski definition) is 1. The summed E-state index contributed by atoms with van der Waals surface area (Å²) in [6.07, 6.45) is 1.22. The van der Waals surface area contributed by atoms with Gasteiger partial charge in [0.2, 0.25) is 0 Å². The first-order valence-corrected chi connectivity index (χ1v) is 4.61. The van der Waals surface area contributed by atoms with E-state index in [2.05, 4.69) is 10.1 Å². The van der Waals surface area contributed by atoms with Gasteiger partial charge in [-0.3, -0.25) is 19.7 Å². The number of nitrogens with zero attached hydrogens (tertiary/aromatic N) is 2. The number of nitro groups is 1. The molecule has 1 aromatic heterocycles. The van der Waals surface area contributed by atoms with Crippen molar-refractivity contribution in [3.05, 3.63) is 28.1 Å². The number of hydrogen-bond acceptors (Lipinski definition) is 5. The van der Waals surface area contributed by atoms with Crippen LogP contribution in [0.3, 0.4) is 0 Å². The van der Waals surface area contributed by atoms with Gasteiger partial charge in [0.25, 0.3) is 11.6 Å². The molecule has 1 heterocycles. The van der Waals surface area contributed by atoms with Crippen LogP contribution in [0.25, 0.3) is 0 Å². The molecule has 0 aliphatic heterocycles. The lowest BCUT2D eigenvalue weighted by molar-refractivity contribution is -0.384. The molecule has 0 unspecified atom stereocenters. The molecule has 0 radical (unpaired) electrons. The molecule has 0 spiro atoms. The van der Waals surface area contributed by atoms with Crippen LogP contribution < -0.4 is 5.32 Å². The fourth-order valence-corrected chi connectivity index (χ4v) is 1.19. The number of methoxy groups -OCH3 is 1. The van der Waals surface area contributed by atoms with Gasteiger partial charge in [-0.25, -0.2) is 0 Å². The summed E-state index contributed by atoms with van der Waals surface area (Å²) in [5.41, 5.74) is -0.0867. The second kappa shape index (κ2) is 5.10. The van der Waals surface area contributed by atoms with Gasteiger partial charge < -0.3 is 14.6 Å². The van der Waals surface area contributed by atoms with E-state index in [0.29, 0.717) is 0 Å². The first kappa shape index (κ1) is 12.7. The van der Waals surface area contributed by atoms with Crippen molar-refractivity contribution in [2.45, 2.75) is 0 Å². The van der Waals surface area contributed by atoms with E-state index in [4.69, 9.17) is 0 Å². The van der Waals surface area contributed by atoms with Crippen LogP contribution in [0.5, 0.6) is 0 Å². The Morgan fingerprint density at radius 3 is 2.71 bits per heavy atom. The molecule has 1 rings (SSSR count). The molecule has 1 aromatic rings. The molecule has 17 heavy (non-hydrogen) atoms. The number of nitrogens with one attached hydrogen (secondary N) is 1. The van der Waals surface area contributed by atoms with Crippen LogP contribution in [0.2, 0.25) is 0 Å². The van der Waals surface area contributed by atoms with Gasteiger partial charge in [-0.1, -0.05) is 0 Å². The first-order chi connectivity index (χ1) is 7.95. The molecule has 0 fully saturated rings. The Labute approximate surface area is 96.3 Å². The van der Waals surface area contributed by atoms with Crippen molar-refractivity contribution in [2.75, 3.05) is 13.7 Å². The minimum Gasteiger partial charge on any atom is -0.468 e. The van der Waals surface area contributed by atoms with Crippen molar-refractivity contribution >= 4 is 17.6 Å². The molecule has 0 atom stereocenters. The number of carbonyl (C=O) groups is 2. The summed E-state index contributed by atoms with van der Waals surface area (Å²) in [6.45, 7) is -0.283. The molecule has 0 aromatic carbocycles. The van der Waals surface area contributed by atoms with E-state index >= 15 is 0 Å². The Balaban J connectivity index is 2.75.